The van der Waals surface area contributed by atoms with E-state index in [0.717, 1.165) is 10.0 Å². The van der Waals surface area contributed by atoms with Gasteiger partial charge in [0.1, 0.15) is 6.33 Å². The van der Waals surface area contributed by atoms with Crippen LogP contribution in [0, 0.1) is 0 Å². The summed E-state index contributed by atoms with van der Waals surface area (Å²) in [5, 5.41) is 4.48. The topological polar surface area (TPSA) is 56.7 Å². The first-order chi connectivity index (χ1) is 9.70. The molecule has 2 aromatic carbocycles. The van der Waals surface area contributed by atoms with Crippen LogP contribution >= 0.6 is 15.9 Å². The number of nitrogens with zero attached hydrogens (tertiary/aromatic N) is 3. The highest BCUT2D eigenvalue weighted by molar-refractivity contribution is 9.10. The number of aromatic nitrogens is 3. The standard InChI is InChI=1S/C15H13BrN4/c16-13-5-1-3-11(7-13)9-20-10-18-15(19-20)12-4-2-6-14(17)8-12/h1-8,10H,9,17H2. The minimum atomic E-state index is 0.687. The zero-order valence-electron chi connectivity index (χ0n) is 10.7. The number of halogens is 1. The van der Waals surface area contributed by atoms with Crippen LogP contribution in [0.2, 0.25) is 0 Å². The molecule has 0 aliphatic carbocycles. The molecule has 5 heteroatoms. The van der Waals surface area contributed by atoms with Gasteiger partial charge in [-0.15, -0.1) is 0 Å². The van der Waals surface area contributed by atoms with Crippen molar-refractivity contribution >= 4 is 21.6 Å². The van der Waals surface area contributed by atoms with Crippen LogP contribution in [0.5, 0.6) is 0 Å². The molecule has 0 atom stereocenters. The summed E-state index contributed by atoms with van der Waals surface area (Å²) in [5.74, 6) is 0.687. The van der Waals surface area contributed by atoms with Crippen LogP contribution in [-0.4, -0.2) is 14.8 Å². The molecule has 0 bridgehead atoms. The van der Waals surface area contributed by atoms with Crippen molar-refractivity contribution in [2.45, 2.75) is 6.54 Å². The largest absolute Gasteiger partial charge is 0.399 e. The predicted octanol–water partition coefficient (Wildman–Crippen LogP) is 3.34. The summed E-state index contributed by atoms with van der Waals surface area (Å²) in [7, 11) is 0. The molecule has 0 aliphatic rings. The fourth-order valence-corrected chi connectivity index (χ4v) is 2.45. The minimum absolute atomic E-state index is 0.687. The zero-order valence-corrected chi connectivity index (χ0v) is 12.3. The molecule has 2 N–H and O–H groups in total. The van der Waals surface area contributed by atoms with Crippen LogP contribution in [0.15, 0.2) is 59.3 Å². The molecule has 3 aromatic rings. The number of nitrogen functional groups attached to an aromatic ring is 1. The molecule has 1 heterocycles. The zero-order chi connectivity index (χ0) is 13.9. The monoisotopic (exact) mass is 328 g/mol. The second kappa shape index (κ2) is 5.46. The Kier molecular flexibility index (Phi) is 3.52. The maximum Gasteiger partial charge on any atom is 0.181 e. The van der Waals surface area contributed by atoms with Crippen molar-refractivity contribution in [1.82, 2.24) is 14.8 Å². The normalized spacial score (nSPS) is 10.7. The SMILES string of the molecule is Nc1cccc(-c2ncn(Cc3cccc(Br)c3)n2)c1. The molecule has 0 fully saturated rings. The van der Waals surface area contributed by atoms with Gasteiger partial charge in [-0.2, -0.15) is 5.10 Å². The molecule has 4 nitrogen and oxygen atoms in total. The van der Waals surface area contributed by atoms with Crippen molar-refractivity contribution in [1.29, 1.82) is 0 Å². The van der Waals surface area contributed by atoms with Crippen molar-refractivity contribution in [3.8, 4) is 11.4 Å². The molecule has 0 saturated heterocycles. The fourth-order valence-electron chi connectivity index (χ4n) is 2.00. The van der Waals surface area contributed by atoms with E-state index in [2.05, 4.69) is 38.1 Å². The molecule has 100 valence electrons. The Balaban J connectivity index is 1.84. The molecule has 20 heavy (non-hydrogen) atoms. The quantitative estimate of drug-likeness (QED) is 0.750. The van der Waals surface area contributed by atoms with E-state index >= 15 is 0 Å². The molecule has 0 aliphatic heterocycles. The summed E-state index contributed by atoms with van der Waals surface area (Å²) in [6, 6.07) is 15.7. The Labute approximate surface area is 125 Å². The highest BCUT2D eigenvalue weighted by Gasteiger charge is 2.05. The van der Waals surface area contributed by atoms with Crippen LogP contribution in [0.1, 0.15) is 5.56 Å². The average molecular weight is 329 g/mol. The van der Waals surface area contributed by atoms with Gasteiger partial charge in [-0.1, -0.05) is 40.2 Å². The first kappa shape index (κ1) is 12.9. The Morgan fingerprint density at radius 3 is 2.75 bits per heavy atom. The van der Waals surface area contributed by atoms with Gasteiger partial charge in [0.25, 0.3) is 0 Å². The number of hydrogen-bond donors (Lipinski definition) is 1. The average Bonchev–Trinajstić information content (AvgIpc) is 2.87. The molecule has 0 saturated carbocycles. The lowest BCUT2D eigenvalue weighted by Gasteiger charge is -2.01. The first-order valence-corrected chi connectivity index (χ1v) is 7.00. The van der Waals surface area contributed by atoms with Gasteiger partial charge in [0.2, 0.25) is 0 Å². The minimum Gasteiger partial charge on any atom is -0.399 e. The first-order valence-electron chi connectivity index (χ1n) is 6.20. The predicted molar refractivity (Wildman–Crippen MR) is 83.1 cm³/mol. The second-order valence-corrected chi connectivity index (χ2v) is 5.44. The second-order valence-electron chi connectivity index (χ2n) is 4.52. The number of hydrogen-bond acceptors (Lipinski definition) is 3. The van der Waals surface area contributed by atoms with E-state index in [0.29, 0.717) is 18.1 Å². The maximum absolute atomic E-state index is 5.78. The van der Waals surface area contributed by atoms with Gasteiger partial charge in [-0.05, 0) is 29.8 Å². The van der Waals surface area contributed by atoms with E-state index in [1.807, 2.05) is 41.1 Å². The van der Waals surface area contributed by atoms with E-state index < -0.39 is 0 Å². The molecule has 0 amide bonds. The third-order valence-electron chi connectivity index (χ3n) is 2.91. The Morgan fingerprint density at radius 1 is 1.10 bits per heavy atom. The highest BCUT2D eigenvalue weighted by Crippen LogP contribution is 2.18. The van der Waals surface area contributed by atoms with Crippen LogP contribution in [-0.2, 0) is 6.54 Å². The van der Waals surface area contributed by atoms with Crippen LogP contribution < -0.4 is 5.73 Å². The van der Waals surface area contributed by atoms with Crippen molar-refractivity contribution in [2.24, 2.45) is 0 Å². The van der Waals surface area contributed by atoms with Crippen molar-refractivity contribution in [3.63, 3.8) is 0 Å². The third kappa shape index (κ3) is 2.88. The maximum atomic E-state index is 5.78. The van der Waals surface area contributed by atoms with Crippen molar-refractivity contribution in [3.05, 3.63) is 64.9 Å². The lowest BCUT2D eigenvalue weighted by molar-refractivity contribution is 0.686. The Bertz CT molecular complexity index is 736. The van der Waals surface area contributed by atoms with Gasteiger partial charge in [0.15, 0.2) is 5.82 Å². The van der Waals surface area contributed by atoms with E-state index in [-0.39, 0.29) is 0 Å². The fraction of sp³-hybridized carbons (Fsp3) is 0.0667. The van der Waals surface area contributed by atoms with Crippen molar-refractivity contribution in [2.75, 3.05) is 5.73 Å². The van der Waals surface area contributed by atoms with Gasteiger partial charge < -0.3 is 5.73 Å². The molecule has 1 aromatic heterocycles. The highest BCUT2D eigenvalue weighted by atomic mass is 79.9. The Hall–Kier alpha value is -2.14. The van der Waals surface area contributed by atoms with Gasteiger partial charge in [0, 0.05) is 15.7 Å². The molecular formula is C15H13BrN4. The Morgan fingerprint density at radius 2 is 1.95 bits per heavy atom. The summed E-state index contributed by atoms with van der Waals surface area (Å²) in [6.07, 6.45) is 1.74. The number of anilines is 1. The van der Waals surface area contributed by atoms with Crippen LogP contribution in [0.25, 0.3) is 11.4 Å². The number of rotatable bonds is 3. The van der Waals surface area contributed by atoms with Gasteiger partial charge >= 0.3 is 0 Å². The summed E-state index contributed by atoms with van der Waals surface area (Å²) >= 11 is 3.47. The van der Waals surface area contributed by atoms with E-state index in [4.69, 9.17) is 5.73 Å². The van der Waals surface area contributed by atoms with Crippen LogP contribution in [0.3, 0.4) is 0 Å². The molecule has 3 rings (SSSR count). The lowest BCUT2D eigenvalue weighted by atomic mass is 10.2. The molecule has 0 unspecified atom stereocenters. The molecular weight excluding hydrogens is 316 g/mol. The van der Waals surface area contributed by atoms with Crippen molar-refractivity contribution < 1.29 is 0 Å². The number of benzene rings is 2. The van der Waals surface area contributed by atoms with E-state index in [9.17, 15) is 0 Å². The van der Waals surface area contributed by atoms with E-state index in [1.165, 1.54) is 5.56 Å². The van der Waals surface area contributed by atoms with Gasteiger partial charge in [0.05, 0.1) is 6.54 Å². The molecule has 0 spiro atoms. The summed E-state index contributed by atoms with van der Waals surface area (Å²) in [4.78, 5) is 4.33. The van der Waals surface area contributed by atoms with E-state index in [1.54, 1.807) is 6.33 Å². The number of nitrogens with two attached hydrogens (primary N) is 1. The van der Waals surface area contributed by atoms with Gasteiger partial charge in [-0.25, -0.2) is 9.67 Å². The smallest absolute Gasteiger partial charge is 0.181 e. The van der Waals surface area contributed by atoms with Gasteiger partial charge in [-0.3, -0.25) is 0 Å². The third-order valence-corrected chi connectivity index (χ3v) is 3.41. The summed E-state index contributed by atoms with van der Waals surface area (Å²) in [5.41, 5.74) is 8.59. The summed E-state index contributed by atoms with van der Waals surface area (Å²) in [6.45, 7) is 0.689. The lowest BCUT2D eigenvalue weighted by Crippen LogP contribution is -2.00. The molecule has 0 radical (unpaired) electrons. The summed E-state index contributed by atoms with van der Waals surface area (Å²) < 4.78 is 2.88. The van der Waals surface area contributed by atoms with Crippen LogP contribution in [0.4, 0.5) is 5.69 Å².